The van der Waals surface area contributed by atoms with Crippen LogP contribution in [0.15, 0.2) is 24.3 Å². The summed E-state index contributed by atoms with van der Waals surface area (Å²) in [7, 11) is 2.14. The summed E-state index contributed by atoms with van der Waals surface area (Å²) in [6.07, 6.45) is 1.29. The molecule has 0 aromatic heterocycles. The second-order valence-corrected chi connectivity index (χ2v) is 4.05. The first-order valence-corrected chi connectivity index (χ1v) is 4.91. The number of hydrogen-bond donors (Lipinski definition) is 1. The highest BCUT2D eigenvalue weighted by Crippen LogP contribution is 2.44. The molecular weight excluding hydrogens is 160 g/mol. The van der Waals surface area contributed by atoms with Crippen LogP contribution in [-0.2, 0) is 0 Å². The standard InChI is InChI=1S/C11H14N2/c1-13-11-6-8(7-12-13)9-4-2-3-5-10(9)11/h2-5,8,11-12H,6-7H2,1H3. The molecule has 2 bridgehead atoms. The number of hydrogen-bond acceptors (Lipinski definition) is 2. The van der Waals surface area contributed by atoms with E-state index in [0.717, 1.165) is 12.5 Å². The molecule has 0 spiro atoms. The van der Waals surface area contributed by atoms with Gasteiger partial charge in [0, 0.05) is 19.6 Å². The normalized spacial score (nSPS) is 31.8. The zero-order valence-corrected chi connectivity index (χ0v) is 7.83. The molecule has 1 aromatic rings. The van der Waals surface area contributed by atoms with Crippen molar-refractivity contribution in [2.75, 3.05) is 13.6 Å². The van der Waals surface area contributed by atoms with Gasteiger partial charge < -0.3 is 0 Å². The van der Waals surface area contributed by atoms with Gasteiger partial charge in [0.15, 0.2) is 0 Å². The molecule has 13 heavy (non-hydrogen) atoms. The van der Waals surface area contributed by atoms with Crippen LogP contribution in [0.3, 0.4) is 0 Å². The van der Waals surface area contributed by atoms with Gasteiger partial charge in [-0.1, -0.05) is 24.3 Å². The Morgan fingerprint density at radius 3 is 2.92 bits per heavy atom. The van der Waals surface area contributed by atoms with E-state index in [0.29, 0.717) is 6.04 Å². The molecule has 0 amide bonds. The van der Waals surface area contributed by atoms with Crippen LogP contribution in [0, 0.1) is 0 Å². The van der Waals surface area contributed by atoms with Crippen molar-refractivity contribution in [2.24, 2.45) is 0 Å². The summed E-state index contributed by atoms with van der Waals surface area (Å²) in [6, 6.07) is 9.45. The van der Waals surface area contributed by atoms with Gasteiger partial charge in [0.2, 0.25) is 0 Å². The van der Waals surface area contributed by atoms with Gasteiger partial charge in [-0.15, -0.1) is 0 Å². The van der Waals surface area contributed by atoms with Crippen molar-refractivity contribution in [3.63, 3.8) is 0 Å². The predicted octanol–water partition coefficient (Wildman–Crippen LogP) is 1.67. The first kappa shape index (κ1) is 7.54. The summed E-state index contributed by atoms with van der Waals surface area (Å²) in [5.41, 5.74) is 6.51. The molecule has 1 heterocycles. The largest absolute Gasteiger partial charge is 0.254 e. The van der Waals surface area contributed by atoms with Crippen molar-refractivity contribution >= 4 is 0 Å². The molecule has 2 atom stereocenters. The molecule has 1 N–H and O–H groups in total. The Labute approximate surface area is 78.5 Å². The molecule has 2 unspecified atom stereocenters. The molecule has 1 aliphatic heterocycles. The monoisotopic (exact) mass is 174 g/mol. The third-order valence-electron chi connectivity index (χ3n) is 3.36. The van der Waals surface area contributed by atoms with E-state index in [4.69, 9.17) is 0 Å². The zero-order chi connectivity index (χ0) is 8.84. The highest BCUT2D eigenvalue weighted by Gasteiger charge is 2.36. The van der Waals surface area contributed by atoms with Gasteiger partial charge >= 0.3 is 0 Å². The van der Waals surface area contributed by atoms with Gasteiger partial charge in [-0.05, 0) is 23.5 Å². The van der Waals surface area contributed by atoms with Crippen molar-refractivity contribution in [1.29, 1.82) is 0 Å². The first-order valence-electron chi connectivity index (χ1n) is 4.91. The Bertz CT molecular complexity index is 335. The second kappa shape index (κ2) is 2.56. The Kier molecular flexibility index (Phi) is 1.49. The number of fused-ring (bicyclic) bond motifs is 5. The molecule has 3 rings (SSSR count). The maximum Gasteiger partial charge on any atom is 0.0498 e. The van der Waals surface area contributed by atoms with Crippen LogP contribution in [0.1, 0.15) is 29.5 Å². The van der Waals surface area contributed by atoms with Crippen molar-refractivity contribution in [1.82, 2.24) is 10.4 Å². The summed E-state index contributed by atoms with van der Waals surface area (Å²) in [6.45, 7) is 1.10. The Morgan fingerprint density at radius 2 is 2.08 bits per heavy atom. The van der Waals surface area contributed by atoms with Gasteiger partial charge in [0.05, 0.1) is 0 Å². The Balaban J connectivity index is 2.13. The predicted molar refractivity (Wildman–Crippen MR) is 52.3 cm³/mol. The summed E-state index contributed by atoms with van der Waals surface area (Å²) >= 11 is 0. The highest BCUT2D eigenvalue weighted by atomic mass is 15.5. The van der Waals surface area contributed by atoms with E-state index in [2.05, 4.69) is 41.7 Å². The lowest BCUT2D eigenvalue weighted by atomic mass is 10.0. The van der Waals surface area contributed by atoms with Crippen LogP contribution in [0.5, 0.6) is 0 Å². The SMILES string of the molecule is CN1NCC2CC1c1ccccc12. The summed E-state index contributed by atoms with van der Waals surface area (Å²) in [5, 5.41) is 2.25. The van der Waals surface area contributed by atoms with Crippen LogP contribution in [-0.4, -0.2) is 18.6 Å². The van der Waals surface area contributed by atoms with E-state index in [-0.39, 0.29) is 0 Å². The van der Waals surface area contributed by atoms with Crippen molar-refractivity contribution in [3.8, 4) is 0 Å². The van der Waals surface area contributed by atoms with Crippen LogP contribution in [0.4, 0.5) is 0 Å². The lowest BCUT2D eigenvalue weighted by molar-refractivity contribution is 0.122. The molecule has 1 saturated heterocycles. The van der Waals surface area contributed by atoms with Gasteiger partial charge in [-0.2, -0.15) is 0 Å². The molecular formula is C11H14N2. The summed E-state index contributed by atoms with van der Waals surface area (Å²) in [4.78, 5) is 0. The van der Waals surface area contributed by atoms with Crippen LogP contribution in [0.2, 0.25) is 0 Å². The summed E-state index contributed by atoms with van der Waals surface area (Å²) in [5.74, 6) is 0.748. The third-order valence-corrected chi connectivity index (χ3v) is 3.36. The fraction of sp³-hybridized carbons (Fsp3) is 0.455. The minimum atomic E-state index is 0.606. The van der Waals surface area contributed by atoms with Crippen molar-refractivity contribution in [3.05, 3.63) is 35.4 Å². The molecule has 0 saturated carbocycles. The number of nitrogens with zero attached hydrogens (tertiary/aromatic N) is 1. The van der Waals surface area contributed by atoms with Crippen molar-refractivity contribution in [2.45, 2.75) is 18.4 Å². The third kappa shape index (κ3) is 0.960. The molecule has 68 valence electrons. The van der Waals surface area contributed by atoms with E-state index < -0.39 is 0 Å². The molecule has 1 aromatic carbocycles. The van der Waals surface area contributed by atoms with Gasteiger partial charge in [-0.3, -0.25) is 5.43 Å². The molecule has 1 fully saturated rings. The summed E-state index contributed by atoms with van der Waals surface area (Å²) < 4.78 is 0. The second-order valence-electron chi connectivity index (χ2n) is 4.05. The molecule has 2 heteroatoms. The minimum absolute atomic E-state index is 0.606. The van der Waals surface area contributed by atoms with Gasteiger partial charge in [0.1, 0.15) is 0 Å². The number of rotatable bonds is 0. The van der Waals surface area contributed by atoms with Crippen LogP contribution < -0.4 is 5.43 Å². The highest BCUT2D eigenvalue weighted by molar-refractivity contribution is 5.39. The molecule has 0 radical (unpaired) electrons. The van der Waals surface area contributed by atoms with Gasteiger partial charge in [0.25, 0.3) is 0 Å². The van der Waals surface area contributed by atoms with Crippen LogP contribution in [0.25, 0.3) is 0 Å². The molecule has 2 aliphatic rings. The topological polar surface area (TPSA) is 15.3 Å². The average Bonchev–Trinajstić information content (AvgIpc) is 2.48. The quantitative estimate of drug-likeness (QED) is 0.643. The van der Waals surface area contributed by atoms with E-state index in [1.165, 1.54) is 12.0 Å². The van der Waals surface area contributed by atoms with E-state index in [1.54, 1.807) is 5.56 Å². The first-order chi connectivity index (χ1) is 6.36. The fourth-order valence-electron chi connectivity index (χ4n) is 2.63. The number of hydrazine groups is 1. The molecule has 1 aliphatic carbocycles. The van der Waals surface area contributed by atoms with E-state index in [9.17, 15) is 0 Å². The Hall–Kier alpha value is -0.860. The van der Waals surface area contributed by atoms with Gasteiger partial charge in [-0.25, -0.2) is 5.01 Å². The molecule has 2 nitrogen and oxygen atoms in total. The lowest BCUT2D eigenvalue weighted by Gasteiger charge is -2.30. The lowest BCUT2D eigenvalue weighted by Crippen LogP contribution is -2.42. The Morgan fingerprint density at radius 1 is 1.31 bits per heavy atom. The van der Waals surface area contributed by atoms with Crippen LogP contribution >= 0.6 is 0 Å². The number of benzene rings is 1. The fourth-order valence-corrected chi connectivity index (χ4v) is 2.63. The van der Waals surface area contributed by atoms with E-state index in [1.807, 2.05) is 0 Å². The minimum Gasteiger partial charge on any atom is -0.254 e. The zero-order valence-electron chi connectivity index (χ0n) is 7.83. The maximum atomic E-state index is 3.42. The average molecular weight is 174 g/mol. The van der Waals surface area contributed by atoms with E-state index >= 15 is 0 Å². The number of nitrogens with one attached hydrogen (secondary N) is 1. The maximum absolute atomic E-state index is 3.42. The smallest absolute Gasteiger partial charge is 0.0498 e. The van der Waals surface area contributed by atoms with Crippen molar-refractivity contribution < 1.29 is 0 Å².